The summed E-state index contributed by atoms with van der Waals surface area (Å²) in [5.41, 5.74) is 1.86. The van der Waals surface area contributed by atoms with Gasteiger partial charge in [0, 0.05) is 42.1 Å². The van der Waals surface area contributed by atoms with Crippen LogP contribution in [0.4, 0.5) is 9.59 Å². The molecule has 194 valence electrons. The summed E-state index contributed by atoms with van der Waals surface area (Å²) in [6.45, 7) is 11.6. The average molecular weight is 497 g/mol. The van der Waals surface area contributed by atoms with Gasteiger partial charge in [-0.2, -0.15) is 5.26 Å². The van der Waals surface area contributed by atoms with Crippen molar-refractivity contribution < 1.29 is 24.2 Å². The Bertz CT molecular complexity index is 1220. The van der Waals surface area contributed by atoms with Gasteiger partial charge in [-0.15, -0.1) is 0 Å². The molecule has 0 spiro atoms. The first-order chi connectivity index (χ1) is 16.8. The number of benzene rings is 1. The van der Waals surface area contributed by atoms with Gasteiger partial charge in [0.15, 0.2) is 0 Å². The highest BCUT2D eigenvalue weighted by Crippen LogP contribution is 2.37. The zero-order valence-electron chi connectivity index (χ0n) is 21.9. The Hall–Kier alpha value is -3.25. The van der Waals surface area contributed by atoms with E-state index in [1.54, 1.807) is 31.7 Å². The van der Waals surface area contributed by atoms with Crippen LogP contribution in [-0.2, 0) is 28.9 Å². The van der Waals surface area contributed by atoms with E-state index in [-0.39, 0.29) is 12.1 Å². The molecular formula is C27H36N4O5. The van der Waals surface area contributed by atoms with E-state index < -0.39 is 29.4 Å². The Balaban J connectivity index is 1.69. The molecule has 2 N–H and O–H groups in total. The third-order valence-corrected chi connectivity index (χ3v) is 6.91. The first kappa shape index (κ1) is 25.8. The summed E-state index contributed by atoms with van der Waals surface area (Å²) >= 11 is 0. The Morgan fingerprint density at radius 1 is 1.31 bits per heavy atom. The molecule has 1 fully saturated rings. The topological polar surface area (TPSA) is 117 Å². The van der Waals surface area contributed by atoms with Crippen LogP contribution in [0, 0.1) is 11.3 Å². The van der Waals surface area contributed by atoms with E-state index in [1.165, 1.54) is 0 Å². The van der Waals surface area contributed by atoms with Gasteiger partial charge >= 0.3 is 12.2 Å². The molecule has 0 saturated carbocycles. The number of nitrogens with zero attached hydrogens (tertiary/aromatic N) is 3. The number of carbonyl (C=O) groups is 2. The summed E-state index contributed by atoms with van der Waals surface area (Å²) in [7, 11) is 0. The second-order valence-electron chi connectivity index (χ2n) is 11.4. The maximum Gasteiger partial charge on any atom is 0.410 e. The van der Waals surface area contributed by atoms with E-state index in [0.717, 1.165) is 22.2 Å². The first-order valence-corrected chi connectivity index (χ1v) is 12.5. The lowest BCUT2D eigenvalue weighted by Gasteiger charge is -2.34. The van der Waals surface area contributed by atoms with Crippen LogP contribution in [-0.4, -0.2) is 62.7 Å². The summed E-state index contributed by atoms with van der Waals surface area (Å²) in [6, 6.07) is 7.13. The van der Waals surface area contributed by atoms with Gasteiger partial charge in [-0.05, 0) is 78.1 Å². The lowest BCUT2D eigenvalue weighted by Crippen LogP contribution is -2.49. The summed E-state index contributed by atoms with van der Waals surface area (Å²) in [4.78, 5) is 26.9. The van der Waals surface area contributed by atoms with Gasteiger partial charge in [0.05, 0.1) is 29.4 Å². The summed E-state index contributed by atoms with van der Waals surface area (Å²) < 4.78 is 13.0. The third kappa shape index (κ3) is 5.14. The second kappa shape index (κ2) is 9.32. The number of nitriles is 1. The van der Waals surface area contributed by atoms with Gasteiger partial charge in [-0.1, -0.05) is 0 Å². The molecule has 0 bridgehead atoms. The van der Waals surface area contributed by atoms with Crippen LogP contribution >= 0.6 is 0 Å². The Morgan fingerprint density at radius 2 is 2.03 bits per heavy atom. The van der Waals surface area contributed by atoms with E-state index in [0.29, 0.717) is 37.9 Å². The van der Waals surface area contributed by atoms with E-state index in [1.807, 2.05) is 32.9 Å². The van der Waals surface area contributed by atoms with Gasteiger partial charge in [0.2, 0.25) is 0 Å². The summed E-state index contributed by atoms with van der Waals surface area (Å²) in [5, 5.41) is 24.6. The lowest BCUT2D eigenvalue weighted by atomic mass is 9.97. The van der Waals surface area contributed by atoms with Crippen molar-refractivity contribution in [3.05, 3.63) is 35.0 Å². The monoisotopic (exact) mass is 496 g/mol. The standard InChI is InChI=1S/C27H36N4O5/c1-16(2)35-24(32)29-18-12-20-19-11-17(14-28)7-8-21(19)31(22(20)13-18)15-23-27(6,34)9-10-30(23)25(33)36-26(3,4)5/h7-8,11,16,18,23,34H,9-10,12-13,15H2,1-6H3,(H,29,32)/t18-,23+,27-/m0/s1. The number of amides is 2. The molecule has 1 aliphatic carbocycles. The second-order valence-corrected chi connectivity index (χ2v) is 11.4. The number of aromatic nitrogens is 1. The SMILES string of the molecule is CC(C)OC(=O)N[C@H]1Cc2c(n(C[C@H]3N(C(=O)OC(C)(C)C)CC[C@]3(C)O)c3ccc(C#N)cc23)C1. The molecule has 4 rings (SSSR count). The minimum Gasteiger partial charge on any atom is -0.447 e. The number of aliphatic hydroxyl groups is 1. The summed E-state index contributed by atoms with van der Waals surface area (Å²) in [5.74, 6) is 0. The minimum atomic E-state index is -1.09. The van der Waals surface area contributed by atoms with Crippen molar-refractivity contribution >= 4 is 23.1 Å². The number of ether oxygens (including phenoxy) is 2. The van der Waals surface area contributed by atoms with E-state index >= 15 is 0 Å². The number of likely N-dealkylation sites (tertiary alicyclic amines) is 1. The van der Waals surface area contributed by atoms with Gasteiger partial charge in [-0.3, -0.25) is 0 Å². The van der Waals surface area contributed by atoms with Crippen molar-refractivity contribution in [1.29, 1.82) is 5.26 Å². The fraction of sp³-hybridized carbons (Fsp3) is 0.593. The van der Waals surface area contributed by atoms with E-state index in [4.69, 9.17) is 9.47 Å². The largest absolute Gasteiger partial charge is 0.447 e. The molecule has 2 aromatic rings. The molecule has 1 aromatic heterocycles. The number of alkyl carbamates (subject to hydrolysis) is 1. The van der Waals surface area contributed by atoms with Crippen molar-refractivity contribution in [3.63, 3.8) is 0 Å². The highest BCUT2D eigenvalue weighted by Gasteiger charge is 2.47. The van der Waals surface area contributed by atoms with Crippen molar-refractivity contribution in [1.82, 2.24) is 14.8 Å². The maximum absolute atomic E-state index is 13.0. The highest BCUT2D eigenvalue weighted by molar-refractivity contribution is 5.88. The van der Waals surface area contributed by atoms with Crippen molar-refractivity contribution in [2.45, 2.75) is 96.7 Å². The number of nitrogens with one attached hydrogen (secondary N) is 1. The van der Waals surface area contributed by atoms with Crippen LogP contribution in [0.5, 0.6) is 0 Å². The molecule has 1 saturated heterocycles. The number of hydrogen-bond donors (Lipinski definition) is 2. The normalized spacial score (nSPS) is 23.6. The molecule has 1 aliphatic heterocycles. The van der Waals surface area contributed by atoms with Crippen LogP contribution in [0.3, 0.4) is 0 Å². The molecule has 2 heterocycles. The van der Waals surface area contributed by atoms with Crippen LogP contribution in [0.15, 0.2) is 18.2 Å². The van der Waals surface area contributed by atoms with E-state index in [9.17, 15) is 20.0 Å². The molecule has 0 unspecified atom stereocenters. The van der Waals surface area contributed by atoms with Crippen LogP contribution in [0.1, 0.15) is 64.8 Å². The third-order valence-electron chi connectivity index (χ3n) is 6.91. The predicted molar refractivity (Wildman–Crippen MR) is 135 cm³/mol. The Kier molecular flexibility index (Phi) is 6.69. The molecule has 3 atom stereocenters. The zero-order valence-corrected chi connectivity index (χ0v) is 21.9. The fourth-order valence-corrected chi connectivity index (χ4v) is 5.30. The first-order valence-electron chi connectivity index (χ1n) is 12.5. The number of carbonyl (C=O) groups excluding carboxylic acids is 2. The van der Waals surface area contributed by atoms with Gasteiger partial charge < -0.3 is 29.4 Å². The molecule has 9 nitrogen and oxygen atoms in total. The maximum atomic E-state index is 13.0. The molecule has 2 amide bonds. The molecule has 2 aliphatic rings. The fourth-order valence-electron chi connectivity index (χ4n) is 5.30. The number of fused-ring (bicyclic) bond motifs is 3. The smallest absolute Gasteiger partial charge is 0.410 e. The number of hydrogen-bond acceptors (Lipinski definition) is 6. The molecule has 1 aromatic carbocycles. The Morgan fingerprint density at radius 3 is 2.67 bits per heavy atom. The van der Waals surface area contributed by atoms with Gasteiger partial charge in [0.1, 0.15) is 5.60 Å². The minimum absolute atomic E-state index is 0.145. The summed E-state index contributed by atoms with van der Waals surface area (Å²) in [6.07, 6.45) is 0.523. The Labute approximate surface area is 212 Å². The van der Waals surface area contributed by atoms with Crippen LogP contribution in [0.2, 0.25) is 0 Å². The molecule has 9 heteroatoms. The molecular weight excluding hydrogens is 460 g/mol. The molecule has 0 radical (unpaired) electrons. The molecule has 36 heavy (non-hydrogen) atoms. The van der Waals surface area contributed by atoms with Crippen molar-refractivity contribution in [3.8, 4) is 6.07 Å². The predicted octanol–water partition coefficient (Wildman–Crippen LogP) is 3.88. The van der Waals surface area contributed by atoms with Gasteiger partial charge in [0.25, 0.3) is 0 Å². The highest BCUT2D eigenvalue weighted by atomic mass is 16.6. The lowest BCUT2D eigenvalue weighted by molar-refractivity contribution is -0.0106. The van der Waals surface area contributed by atoms with E-state index in [2.05, 4.69) is 16.0 Å². The quantitative estimate of drug-likeness (QED) is 0.664. The van der Waals surface area contributed by atoms with Crippen molar-refractivity contribution in [2.24, 2.45) is 0 Å². The number of rotatable bonds is 4. The van der Waals surface area contributed by atoms with Gasteiger partial charge in [-0.25, -0.2) is 9.59 Å². The average Bonchev–Trinajstić information content (AvgIpc) is 3.37. The van der Waals surface area contributed by atoms with Crippen molar-refractivity contribution in [2.75, 3.05) is 6.54 Å². The van der Waals surface area contributed by atoms with Crippen LogP contribution < -0.4 is 5.32 Å². The van der Waals surface area contributed by atoms with Crippen LogP contribution in [0.25, 0.3) is 10.9 Å². The zero-order chi connectivity index (χ0) is 26.4.